The monoisotopic (exact) mass is 342 g/mol. The van der Waals surface area contributed by atoms with Gasteiger partial charge in [-0.3, -0.25) is 4.79 Å². The standard InChI is InChI=1S/C16H20F2N2O4/c1-10(11-3-5-12(6-4-11)24-14(17)18)19-15(23)20-8-7-16(2,9-20)13(21)22/h3-6,10,14H,7-9H2,1-2H3,(H,19,23)(H,21,22). The number of benzene rings is 1. The molecule has 0 bridgehead atoms. The number of hydrogen-bond donors (Lipinski definition) is 2. The third-order valence-corrected chi connectivity index (χ3v) is 4.22. The van der Waals surface area contributed by atoms with Crippen molar-refractivity contribution in [2.24, 2.45) is 5.41 Å². The van der Waals surface area contributed by atoms with E-state index in [0.717, 1.165) is 5.56 Å². The highest BCUT2D eigenvalue weighted by Gasteiger charge is 2.42. The van der Waals surface area contributed by atoms with Crippen LogP contribution in [0.2, 0.25) is 0 Å². The average molecular weight is 342 g/mol. The smallest absolute Gasteiger partial charge is 0.387 e. The van der Waals surface area contributed by atoms with Crippen LogP contribution in [0.15, 0.2) is 24.3 Å². The normalized spacial score (nSPS) is 21.6. The molecule has 2 N–H and O–H groups in total. The summed E-state index contributed by atoms with van der Waals surface area (Å²) in [6.07, 6.45) is 0.407. The molecule has 1 aromatic rings. The van der Waals surface area contributed by atoms with Crippen LogP contribution in [-0.2, 0) is 4.79 Å². The lowest BCUT2D eigenvalue weighted by atomic mass is 9.90. The summed E-state index contributed by atoms with van der Waals surface area (Å²) in [6.45, 7) is 1.03. The lowest BCUT2D eigenvalue weighted by molar-refractivity contribution is -0.147. The van der Waals surface area contributed by atoms with Gasteiger partial charge in [-0.15, -0.1) is 0 Å². The zero-order chi connectivity index (χ0) is 17.9. The number of carbonyl (C=O) groups excluding carboxylic acids is 1. The summed E-state index contributed by atoms with van der Waals surface area (Å²) < 4.78 is 28.5. The molecule has 1 aliphatic heterocycles. The second-order valence-electron chi connectivity index (χ2n) is 6.16. The number of aliphatic carboxylic acids is 1. The van der Waals surface area contributed by atoms with Gasteiger partial charge in [0.1, 0.15) is 5.75 Å². The minimum absolute atomic E-state index is 0.0454. The van der Waals surface area contributed by atoms with E-state index in [9.17, 15) is 23.5 Å². The zero-order valence-corrected chi connectivity index (χ0v) is 13.5. The topological polar surface area (TPSA) is 78.9 Å². The maximum Gasteiger partial charge on any atom is 0.387 e. The number of carboxylic acid groups (broad SMARTS) is 1. The first-order valence-corrected chi connectivity index (χ1v) is 7.55. The Morgan fingerprint density at radius 1 is 1.33 bits per heavy atom. The lowest BCUT2D eigenvalue weighted by Crippen LogP contribution is -2.41. The number of halogens is 2. The van der Waals surface area contributed by atoms with Gasteiger partial charge in [0.05, 0.1) is 11.5 Å². The highest BCUT2D eigenvalue weighted by molar-refractivity contribution is 5.79. The molecular formula is C16H20F2N2O4. The molecule has 2 unspecified atom stereocenters. The summed E-state index contributed by atoms with van der Waals surface area (Å²) in [5.41, 5.74) is -0.195. The largest absolute Gasteiger partial charge is 0.481 e. The molecule has 8 heteroatoms. The molecule has 0 spiro atoms. The van der Waals surface area contributed by atoms with E-state index in [1.165, 1.54) is 17.0 Å². The van der Waals surface area contributed by atoms with Gasteiger partial charge >= 0.3 is 18.6 Å². The molecule has 1 saturated heterocycles. The molecule has 0 radical (unpaired) electrons. The second kappa shape index (κ2) is 7.02. The van der Waals surface area contributed by atoms with Crippen LogP contribution in [0.3, 0.4) is 0 Å². The summed E-state index contributed by atoms with van der Waals surface area (Å²) >= 11 is 0. The van der Waals surface area contributed by atoms with Crippen molar-refractivity contribution in [3.05, 3.63) is 29.8 Å². The lowest BCUT2D eigenvalue weighted by Gasteiger charge is -2.23. The Morgan fingerprint density at radius 2 is 1.96 bits per heavy atom. The fraction of sp³-hybridized carbons (Fsp3) is 0.500. The number of carbonyl (C=O) groups is 2. The summed E-state index contributed by atoms with van der Waals surface area (Å²) in [5.74, 6) is -0.871. The van der Waals surface area contributed by atoms with Gasteiger partial charge in [-0.2, -0.15) is 8.78 Å². The van der Waals surface area contributed by atoms with Crippen molar-refractivity contribution in [1.82, 2.24) is 10.2 Å². The van der Waals surface area contributed by atoms with Crippen molar-refractivity contribution >= 4 is 12.0 Å². The minimum Gasteiger partial charge on any atom is -0.481 e. The van der Waals surface area contributed by atoms with Gasteiger partial charge in [0, 0.05) is 13.1 Å². The molecule has 1 fully saturated rings. The van der Waals surface area contributed by atoms with Crippen LogP contribution in [-0.4, -0.2) is 41.7 Å². The third kappa shape index (κ3) is 4.12. The van der Waals surface area contributed by atoms with Crippen LogP contribution in [0.1, 0.15) is 31.9 Å². The first-order chi connectivity index (χ1) is 11.2. The molecule has 2 rings (SSSR count). The van der Waals surface area contributed by atoms with Crippen molar-refractivity contribution in [3.63, 3.8) is 0 Å². The highest BCUT2D eigenvalue weighted by Crippen LogP contribution is 2.30. The van der Waals surface area contributed by atoms with Crippen molar-refractivity contribution in [2.75, 3.05) is 13.1 Å². The van der Waals surface area contributed by atoms with E-state index in [0.29, 0.717) is 13.0 Å². The number of carboxylic acids is 1. The molecule has 2 amide bonds. The molecule has 24 heavy (non-hydrogen) atoms. The van der Waals surface area contributed by atoms with E-state index in [1.54, 1.807) is 26.0 Å². The molecular weight excluding hydrogens is 322 g/mol. The first-order valence-electron chi connectivity index (χ1n) is 7.55. The van der Waals surface area contributed by atoms with E-state index in [2.05, 4.69) is 10.1 Å². The van der Waals surface area contributed by atoms with Gasteiger partial charge in [0.2, 0.25) is 0 Å². The van der Waals surface area contributed by atoms with Gasteiger partial charge in [-0.1, -0.05) is 12.1 Å². The van der Waals surface area contributed by atoms with E-state index in [4.69, 9.17) is 0 Å². The maximum absolute atomic E-state index is 12.2. The Kier molecular flexibility index (Phi) is 5.26. The van der Waals surface area contributed by atoms with Crippen LogP contribution < -0.4 is 10.1 Å². The van der Waals surface area contributed by atoms with Crippen LogP contribution in [0, 0.1) is 5.41 Å². The Balaban J connectivity index is 1.93. The molecule has 0 saturated carbocycles. The number of ether oxygens (including phenoxy) is 1. The fourth-order valence-corrected chi connectivity index (χ4v) is 2.61. The Bertz CT molecular complexity index is 609. The van der Waals surface area contributed by atoms with E-state index in [-0.39, 0.29) is 24.4 Å². The Hall–Kier alpha value is -2.38. The number of alkyl halides is 2. The van der Waals surface area contributed by atoms with Crippen LogP contribution in [0.5, 0.6) is 5.75 Å². The number of likely N-dealkylation sites (tertiary alicyclic amines) is 1. The number of nitrogens with zero attached hydrogens (tertiary/aromatic N) is 1. The molecule has 0 aromatic heterocycles. The number of amides is 2. The van der Waals surface area contributed by atoms with Gasteiger partial charge in [0.15, 0.2) is 0 Å². The maximum atomic E-state index is 12.2. The second-order valence-corrected chi connectivity index (χ2v) is 6.16. The summed E-state index contributed by atoms with van der Waals surface area (Å²) in [7, 11) is 0. The van der Waals surface area contributed by atoms with E-state index in [1.807, 2.05) is 0 Å². The fourth-order valence-electron chi connectivity index (χ4n) is 2.61. The van der Waals surface area contributed by atoms with Crippen molar-refractivity contribution in [3.8, 4) is 5.75 Å². The predicted octanol–water partition coefficient (Wildman–Crippen LogP) is 2.86. The van der Waals surface area contributed by atoms with Gasteiger partial charge < -0.3 is 20.1 Å². The van der Waals surface area contributed by atoms with Crippen LogP contribution in [0.4, 0.5) is 13.6 Å². The molecule has 6 nitrogen and oxygen atoms in total. The molecule has 1 heterocycles. The molecule has 2 atom stereocenters. The number of rotatable bonds is 5. The van der Waals surface area contributed by atoms with Crippen molar-refractivity contribution < 1.29 is 28.2 Å². The van der Waals surface area contributed by atoms with Crippen molar-refractivity contribution in [2.45, 2.75) is 32.9 Å². The Labute approximate surface area is 138 Å². The minimum atomic E-state index is -2.88. The number of nitrogens with one attached hydrogen (secondary N) is 1. The zero-order valence-electron chi connectivity index (χ0n) is 13.5. The third-order valence-electron chi connectivity index (χ3n) is 4.22. The average Bonchev–Trinajstić information content (AvgIpc) is 2.91. The van der Waals surface area contributed by atoms with E-state index >= 15 is 0 Å². The number of urea groups is 1. The van der Waals surface area contributed by atoms with Gasteiger partial charge in [-0.25, -0.2) is 4.79 Å². The predicted molar refractivity (Wildman–Crippen MR) is 82.0 cm³/mol. The van der Waals surface area contributed by atoms with Gasteiger partial charge in [-0.05, 0) is 38.0 Å². The first kappa shape index (κ1) is 18.0. The molecule has 0 aliphatic carbocycles. The Morgan fingerprint density at radius 3 is 2.46 bits per heavy atom. The summed E-state index contributed by atoms with van der Waals surface area (Å²) in [4.78, 5) is 24.9. The summed E-state index contributed by atoms with van der Waals surface area (Å²) in [5, 5.41) is 12.0. The van der Waals surface area contributed by atoms with Crippen LogP contribution >= 0.6 is 0 Å². The summed E-state index contributed by atoms with van der Waals surface area (Å²) in [6, 6.07) is 5.29. The van der Waals surface area contributed by atoms with Crippen molar-refractivity contribution in [1.29, 1.82) is 0 Å². The molecule has 1 aromatic carbocycles. The van der Waals surface area contributed by atoms with Gasteiger partial charge in [0.25, 0.3) is 0 Å². The number of hydrogen-bond acceptors (Lipinski definition) is 3. The highest BCUT2D eigenvalue weighted by atomic mass is 19.3. The SMILES string of the molecule is CC(NC(=O)N1CCC(C)(C(=O)O)C1)c1ccc(OC(F)F)cc1. The molecule has 1 aliphatic rings. The quantitative estimate of drug-likeness (QED) is 0.862. The van der Waals surface area contributed by atoms with E-state index < -0.39 is 18.0 Å². The molecule has 132 valence electrons. The van der Waals surface area contributed by atoms with Crippen LogP contribution in [0.25, 0.3) is 0 Å².